The van der Waals surface area contributed by atoms with E-state index in [0.717, 1.165) is 24.4 Å². The molecule has 0 aliphatic rings. The number of aryl methyl sites for hydroxylation is 1. The van der Waals surface area contributed by atoms with Crippen LogP contribution in [-0.2, 0) is 0 Å². The molecule has 4 nitrogen and oxygen atoms in total. The van der Waals surface area contributed by atoms with Crippen LogP contribution in [0.3, 0.4) is 0 Å². The molecule has 0 saturated heterocycles. The van der Waals surface area contributed by atoms with E-state index in [9.17, 15) is 0 Å². The Kier molecular flexibility index (Phi) is 4.52. The van der Waals surface area contributed by atoms with Gasteiger partial charge in [0.25, 0.3) is 0 Å². The van der Waals surface area contributed by atoms with Gasteiger partial charge in [0.15, 0.2) is 0 Å². The van der Waals surface area contributed by atoms with Crippen LogP contribution in [0.4, 0.5) is 11.8 Å². The number of hydrogen-bond acceptors (Lipinski definition) is 4. The summed E-state index contributed by atoms with van der Waals surface area (Å²) in [5.74, 6) is 1.68. The molecular formula is C12H22N4. The van der Waals surface area contributed by atoms with E-state index < -0.39 is 0 Å². The van der Waals surface area contributed by atoms with Crippen molar-refractivity contribution in [1.29, 1.82) is 0 Å². The summed E-state index contributed by atoms with van der Waals surface area (Å²) in [5, 5.41) is 2.99. The molecule has 0 saturated carbocycles. The average molecular weight is 222 g/mol. The summed E-state index contributed by atoms with van der Waals surface area (Å²) >= 11 is 0. The first-order chi connectivity index (χ1) is 7.62. The number of rotatable bonds is 5. The highest BCUT2D eigenvalue weighted by atomic mass is 15.2. The van der Waals surface area contributed by atoms with Crippen LogP contribution in [0.2, 0.25) is 0 Å². The Bertz CT molecular complexity index is 334. The summed E-state index contributed by atoms with van der Waals surface area (Å²) in [5.41, 5.74) is 0.993. The van der Waals surface area contributed by atoms with Crippen LogP contribution in [0.5, 0.6) is 0 Å². The summed E-state index contributed by atoms with van der Waals surface area (Å²) in [6.45, 7) is 6.40. The molecular weight excluding hydrogens is 200 g/mol. The first-order valence-corrected chi connectivity index (χ1v) is 5.88. The molecule has 1 aromatic heterocycles. The predicted molar refractivity (Wildman–Crippen MR) is 69.1 cm³/mol. The minimum absolute atomic E-state index is 0.541. The van der Waals surface area contributed by atoms with Crippen molar-refractivity contribution in [1.82, 2.24) is 9.97 Å². The van der Waals surface area contributed by atoms with Gasteiger partial charge in [-0.1, -0.05) is 13.8 Å². The highest BCUT2D eigenvalue weighted by Crippen LogP contribution is 2.18. The highest BCUT2D eigenvalue weighted by molar-refractivity contribution is 5.44. The molecule has 0 amide bonds. The van der Waals surface area contributed by atoms with E-state index in [1.54, 1.807) is 0 Å². The molecule has 0 aromatic carbocycles. The maximum atomic E-state index is 4.47. The van der Waals surface area contributed by atoms with Crippen molar-refractivity contribution in [3.63, 3.8) is 0 Å². The van der Waals surface area contributed by atoms with Gasteiger partial charge in [0.2, 0.25) is 5.95 Å². The van der Waals surface area contributed by atoms with Gasteiger partial charge in [-0.2, -0.15) is 4.98 Å². The van der Waals surface area contributed by atoms with Crippen LogP contribution in [0.1, 0.15) is 32.4 Å². The van der Waals surface area contributed by atoms with E-state index in [-0.39, 0.29) is 0 Å². The zero-order chi connectivity index (χ0) is 12.1. The smallest absolute Gasteiger partial charge is 0.224 e. The third-order valence-electron chi connectivity index (χ3n) is 2.92. The molecule has 0 aliphatic heterocycles. The Labute approximate surface area is 98.1 Å². The first kappa shape index (κ1) is 12.7. The van der Waals surface area contributed by atoms with E-state index in [2.05, 4.69) is 41.1 Å². The van der Waals surface area contributed by atoms with Crippen molar-refractivity contribution >= 4 is 11.8 Å². The van der Waals surface area contributed by atoms with E-state index in [4.69, 9.17) is 0 Å². The van der Waals surface area contributed by atoms with E-state index in [0.29, 0.717) is 12.0 Å². The second-order valence-corrected chi connectivity index (χ2v) is 4.02. The standard InChI is InChI=1S/C12H22N4/c1-6-10(7-2)16(5)11-8-9(3)14-12(13-4)15-11/h8,10H,6-7H2,1-5H3,(H,13,14,15). The molecule has 0 radical (unpaired) electrons. The normalized spacial score (nSPS) is 10.6. The van der Waals surface area contributed by atoms with Gasteiger partial charge in [0.05, 0.1) is 0 Å². The van der Waals surface area contributed by atoms with Crippen molar-refractivity contribution < 1.29 is 0 Å². The molecule has 0 fully saturated rings. The molecule has 16 heavy (non-hydrogen) atoms. The van der Waals surface area contributed by atoms with Gasteiger partial charge in [0, 0.05) is 31.9 Å². The van der Waals surface area contributed by atoms with Gasteiger partial charge >= 0.3 is 0 Å². The maximum Gasteiger partial charge on any atom is 0.224 e. The Morgan fingerprint density at radius 1 is 1.31 bits per heavy atom. The summed E-state index contributed by atoms with van der Waals surface area (Å²) in [4.78, 5) is 11.0. The van der Waals surface area contributed by atoms with Gasteiger partial charge in [-0.3, -0.25) is 0 Å². The molecule has 1 heterocycles. The lowest BCUT2D eigenvalue weighted by atomic mass is 10.1. The molecule has 0 spiro atoms. The predicted octanol–water partition coefficient (Wildman–Crippen LogP) is 2.45. The Hall–Kier alpha value is -1.32. The summed E-state index contributed by atoms with van der Waals surface area (Å²) in [6, 6.07) is 2.57. The molecule has 0 aliphatic carbocycles. The van der Waals surface area contributed by atoms with Gasteiger partial charge in [0.1, 0.15) is 5.82 Å². The second kappa shape index (κ2) is 5.68. The quantitative estimate of drug-likeness (QED) is 0.831. The van der Waals surface area contributed by atoms with Crippen LogP contribution in [-0.4, -0.2) is 30.1 Å². The van der Waals surface area contributed by atoms with Crippen molar-refractivity contribution in [2.75, 3.05) is 24.3 Å². The fraction of sp³-hybridized carbons (Fsp3) is 0.667. The van der Waals surface area contributed by atoms with Crippen LogP contribution in [0, 0.1) is 6.92 Å². The van der Waals surface area contributed by atoms with Crippen molar-refractivity contribution in [2.24, 2.45) is 0 Å². The molecule has 0 bridgehead atoms. The number of hydrogen-bond donors (Lipinski definition) is 1. The van der Waals surface area contributed by atoms with Gasteiger partial charge in [-0.15, -0.1) is 0 Å². The molecule has 4 heteroatoms. The van der Waals surface area contributed by atoms with Crippen LogP contribution < -0.4 is 10.2 Å². The van der Waals surface area contributed by atoms with Gasteiger partial charge < -0.3 is 10.2 Å². The van der Waals surface area contributed by atoms with Crippen molar-refractivity contribution in [3.05, 3.63) is 11.8 Å². The number of nitrogens with zero attached hydrogens (tertiary/aromatic N) is 3. The summed E-state index contributed by atoms with van der Waals surface area (Å²) in [6.07, 6.45) is 2.26. The summed E-state index contributed by atoms with van der Waals surface area (Å²) < 4.78 is 0. The zero-order valence-corrected chi connectivity index (χ0v) is 10.9. The summed E-state index contributed by atoms with van der Waals surface area (Å²) in [7, 11) is 3.94. The van der Waals surface area contributed by atoms with E-state index in [1.807, 2.05) is 20.0 Å². The lowest BCUT2D eigenvalue weighted by Crippen LogP contribution is -2.31. The van der Waals surface area contributed by atoms with Gasteiger partial charge in [-0.05, 0) is 19.8 Å². The fourth-order valence-electron chi connectivity index (χ4n) is 1.87. The minimum Gasteiger partial charge on any atom is -0.357 e. The monoisotopic (exact) mass is 222 g/mol. The molecule has 0 atom stereocenters. The number of nitrogens with one attached hydrogen (secondary N) is 1. The third kappa shape index (κ3) is 2.84. The van der Waals surface area contributed by atoms with Crippen LogP contribution in [0.15, 0.2) is 6.07 Å². The highest BCUT2D eigenvalue weighted by Gasteiger charge is 2.13. The Morgan fingerprint density at radius 2 is 1.94 bits per heavy atom. The Balaban J connectivity index is 2.97. The number of aromatic nitrogens is 2. The fourth-order valence-corrected chi connectivity index (χ4v) is 1.87. The lowest BCUT2D eigenvalue weighted by molar-refractivity contribution is 0.586. The average Bonchev–Trinajstić information content (AvgIpc) is 2.29. The SMILES string of the molecule is CCC(CC)N(C)c1cc(C)nc(NC)n1. The Morgan fingerprint density at radius 3 is 2.44 bits per heavy atom. The first-order valence-electron chi connectivity index (χ1n) is 5.88. The number of anilines is 2. The van der Waals surface area contributed by atoms with Crippen molar-refractivity contribution in [2.45, 2.75) is 39.7 Å². The minimum atomic E-state index is 0.541. The third-order valence-corrected chi connectivity index (χ3v) is 2.92. The maximum absolute atomic E-state index is 4.47. The molecule has 1 rings (SSSR count). The van der Waals surface area contributed by atoms with Crippen LogP contribution in [0.25, 0.3) is 0 Å². The van der Waals surface area contributed by atoms with E-state index in [1.165, 1.54) is 0 Å². The second-order valence-electron chi connectivity index (χ2n) is 4.02. The molecule has 0 unspecified atom stereocenters. The molecule has 1 aromatic rings. The largest absolute Gasteiger partial charge is 0.357 e. The lowest BCUT2D eigenvalue weighted by Gasteiger charge is -2.27. The van der Waals surface area contributed by atoms with Crippen molar-refractivity contribution in [3.8, 4) is 0 Å². The van der Waals surface area contributed by atoms with Gasteiger partial charge in [-0.25, -0.2) is 4.98 Å². The van der Waals surface area contributed by atoms with E-state index >= 15 is 0 Å². The topological polar surface area (TPSA) is 41.1 Å². The zero-order valence-electron chi connectivity index (χ0n) is 10.9. The molecule has 1 N–H and O–H groups in total. The molecule has 90 valence electrons. The van der Waals surface area contributed by atoms with Crippen LogP contribution >= 0.6 is 0 Å².